The van der Waals surface area contributed by atoms with Crippen LogP contribution in [0.1, 0.15) is 24.8 Å². The number of hydrogen-bond acceptors (Lipinski definition) is 3. The normalized spacial score (nSPS) is 16.4. The van der Waals surface area contributed by atoms with Crippen LogP contribution in [-0.4, -0.2) is 37.0 Å². The number of carbonyl (C=O) groups is 1. The summed E-state index contributed by atoms with van der Waals surface area (Å²) >= 11 is 5.92. The summed E-state index contributed by atoms with van der Waals surface area (Å²) in [5.74, 6) is -0.123. The van der Waals surface area contributed by atoms with Gasteiger partial charge < -0.3 is 10.2 Å². The van der Waals surface area contributed by atoms with Gasteiger partial charge in [0.1, 0.15) is 5.82 Å². The molecule has 2 heterocycles. The van der Waals surface area contributed by atoms with E-state index in [2.05, 4.69) is 10.3 Å². The van der Waals surface area contributed by atoms with Gasteiger partial charge in [-0.3, -0.25) is 4.79 Å². The van der Waals surface area contributed by atoms with Crippen LogP contribution >= 0.6 is 11.6 Å². The van der Waals surface area contributed by atoms with Gasteiger partial charge in [0.05, 0.1) is 17.1 Å². The van der Waals surface area contributed by atoms with E-state index >= 15 is 0 Å². The molecule has 1 fully saturated rings. The van der Waals surface area contributed by atoms with Crippen molar-refractivity contribution in [2.24, 2.45) is 5.92 Å². The summed E-state index contributed by atoms with van der Waals surface area (Å²) in [6.07, 6.45) is -5.01. The van der Waals surface area contributed by atoms with E-state index < -0.39 is 30.6 Å². The molecule has 4 nitrogen and oxygen atoms in total. The zero-order valence-electron chi connectivity index (χ0n) is 13.1. The lowest BCUT2D eigenvalue weighted by Crippen LogP contribution is -2.37. The molecular weight excluding hydrogens is 369 g/mol. The summed E-state index contributed by atoms with van der Waals surface area (Å²) in [5.41, 5.74) is -0.910. The van der Waals surface area contributed by atoms with Gasteiger partial charge in [0, 0.05) is 25.7 Å². The molecule has 2 rings (SSSR count). The molecule has 10 heteroatoms. The fourth-order valence-corrected chi connectivity index (χ4v) is 2.98. The maximum Gasteiger partial charge on any atom is 0.417 e. The third-order valence-corrected chi connectivity index (χ3v) is 4.27. The van der Waals surface area contributed by atoms with Gasteiger partial charge in [-0.05, 0) is 24.8 Å². The van der Waals surface area contributed by atoms with Gasteiger partial charge in [0.2, 0.25) is 5.91 Å². The van der Waals surface area contributed by atoms with E-state index in [1.165, 1.54) is 0 Å². The van der Waals surface area contributed by atoms with Crippen LogP contribution in [0.4, 0.5) is 27.8 Å². The van der Waals surface area contributed by atoms with Crippen molar-refractivity contribution in [3.8, 4) is 0 Å². The molecule has 0 aromatic carbocycles. The topological polar surface area (TPSA) is 45.2 Å². The van der Waals surface area contributed by atoms with Crippen LogP contribution in [0.3, 0.4) is 0 Å². The lowest BCUT2D eigenvalue weighted by atomic mass is 9.93. The zero-order valence-corrected chi connectivity index (χ0v) is 13.9. The summed E-state index contributed by atoms with van der Waals surface area (Å²) in [4.78, 5) is 17.1. The molecule has 1 saturated heterocycles. The Balaban J connectivity index is 1.89. The summed E-state index contributed by atoms with van der Waals surface area (Å²) < 4.78 is 62.0. The lowest BCUT2D eigenvalue weighted by molar-refractivity contribution is -0.137. The second kappa shape index (κ2) is 8.16. The maximum absolute atomic E-state index is 12.6. The van der Waals surface area contributed by atoms with E-state index in [1.54, 1.807) is 4.90 Å². The fourth-order valence-electron chi connectivity index (χ4n) is 2.69. The molecule has 0 radical (unpaired) electrons. The highest BCUT2D eigenvalue weighted by atomic mass is 35.5. The SMILES string of the molecule is O=C(CC1CCN(c2ncc(C(F)(F)F)cc2Cl)CC1)NCC(F)F. The van der Waals surface area contributed by atoms with Crippen molar-refractivity contribution in [1.82, 2.24) is 10.3 Å². The predicted octanol–water partition coefficient (Wildman–Crippen LogP) is 3.74. The Hall–Kier alpha value is -1.64. The van der Waals surface area contributed by atoms with Crippen molar-refractivity contribution in [3.63, 3.8) is 0 Å². The van der Waals surface area contributed by atoms with E-state index in [9.17, 15) is 26.7 Å². The van der Waals surface area contributed by atoms with Gasteiger partial charge in [-0.2, -0.15) is 13.2 Å². The van der Waals surface area contributed by atoms with Crippen molar-refractivity contribution >= 4 is 23.3 Å². The zero-order chi connectivity index (χ0) is 18.6. The first-order chi connectivity index (χ1) is 11.7. The lowest BCUT2D eigenvalue weighted by Gasteiger charge is -2.33. The van der Waals surface area contributed by atoms with E-state index in [-0.39, 0.29) is 23.2 Å². The number of halogens is 6. The standard InChI is InChI=1S/C15H17ClF5N3O/c16-11-6-10(15(19,20)21)7-23-14(11)24-3-1-9(2-4-24)5-13(25)22-8-12(17)18/h6-7,9,12H,1-5,8H2,(H,22,25). The minimum Gasteiger partial charge on any atom is -0.355 e. The van der Waals surface area contributed by atoms with Gasteiger partial charge in [-0.15, -0.1) is 0 Å². The summed E-state index contributed by atoms with van der Waals surface area (Å²) in [7, 11) is 0. The highest BCUT2D eigenvalue weighted by molar-refractivity contribution is 6.33. The van der Waals surface area contributed by atoms with Gasteiger partial charge in [0.15, 0.2) is 0 Å². The van der Waals surface area contributed by atoms with Gasteiger partial charge in [0.25, 0.3) is 6.43 Å². The average Bonchev–Trinajstić information content (AvgIpc) is 2.53. The molecule has 0 unspecified atom stereocenters. The van der Waals surface area contributed by atoms with Crippen LogP contribution in [0.5, 0.6) is 0 Å². The van der Waals surface area contributed by atoms with Crippen LogP contribution < -0.4 is 10.2 Å². The Kier molecular flexibility index (Phi) is 6.42. The average molecular weight is 386 g/mol. The Bertz CT molecular complexity index is 603. The van der Waals surface area contributed by atoms with Crippen molar-refractivity contribution in [2.75, 3.05) is 24.5 Å². The second-order valence-corrected chi connectivity index (χ2v) is 6.26. The molecule has 0 aliphatic carbocycles. The molecule has 140 valence electrons. The van der Waals surface area contributed by atoms with E-state index in [0.717, 1.165) is 12.3 Å². The van der Waals surface area contributed by atoms with Crippen molar-refractivity contribution in [1.29, 1.82) is 0 Å². The maximum atomic E-state index is 12.6. The first-order valence-electron chi connectivity index (χ1n) is 7.69. The summed E-state index contributed by atoms with van der Waals surface area (Å²) in [5, 5.41) is 2.08. The van der Waals surface area contributed by atoms with Gasteiger partial charge >= 0.3 is 6.18 Å². The molecule has 0 atom stereocenters. The molecular formula is C15H17ClF5N3O. The number of nitrogens with zero attached hydrogens (tertiary/aromatic N) is 2. The molecule has 1 aliphatic rings. The number of amides is 1. The van der Waals surface area contributed by atoms with Gasteiger partial charge in [-0.1, -0.05) is 11.6 Å². The first kappa shape index (κ1) is 19.7. The van der Waals surface area contributed by atoms with Crippen molar-refractivity contribution in [3.05, 3.63) is 22.8 Å². The molecule has 1 aliphatic heterocycles. The molecule has 0 saturated carbocycles. The van der Waals surface area contributed by atoms with E-state index in [1.807, 2.05) is 0 Å². The van der Waals surface area contributed by atoms with E-state index in [4.69, 9.17) is 11.6 Å². The number of nitrogens with one attached hydrogen (secondary N) is 1. The number of piperidine rings is 1. The molecule has 1 amide bonds. The van der Waals surface area contributed by atoms with Crippen LogP contribution in [-0.2, 0) is 11.0 Å². The van der Waals surface area contributed by atoms with Crippen LogP contribution in [0.25, 0.3) is 0 Å². The number of alkyl halides is 5. The number of carbonyl (C=O) groups excluding carboxylic acids is 1. The molecule has 25 heavy (non-hydrogen) atoms. The fraction of sp³-hybridized carbons (Fsp3) is 0.600. The van der Waals surface area contributed by atoms with Crippen LogP contribution in [0.2, 0.25) is 5.02 Å². The predicted molar refractivity (Wildman–Crippen MR) is 82.8 cm³/mol. The number of pyridine rings is 1. The molecule has 1 N–H and O–H groups in total. The first-order valence-corrected chi connectivity index (χ1v) is 8.07. The smallest absolute Gasteiger partial charge is 0.355 e. The molecule has 1 aromatic heterocycles. The molecule has 0 spiro atoms. The Morgan fingerprint density at radius 3 is 2.52 bits per heavy atom. The minimum absolute atomic E-state index is 0.0298. The van der Waals surface area contributed by atoms with Crippen LogP contribution in [0.15, 0.2) is 12.3 Å². The molecule has 0 bridgehead atoms. The van der Waals surface area contributed by atoms with E-state index in [0.29, 0.717) is 25.9 Å². The number of rotatable bonds is 5. The molecule has 1 aromatic rings. The number of hydrogen-bond donors (Lipinski definition) is 1. The highest BCUT2D eigenvalue weighted by Crippen LogP contribution is 2.34. The second-order valence-electron chi connectivity index (χ2n) is 5.86. The monoisotopic (exact) mass is 385 g/mol. The van der Waals surface area contributed by atoms with Crippen molar-refractivity contribution < 1.29 is 26.7 Å². The quantitative estimate of drug-likeness (QED) is 0.785. The Labute approximate surface area is 146 Å². The largest absolute Gasteiger partial charge is 0.417 e. The summed E-state index contributed by atoms with van der Waals surface area (Å²) in [6, 6.07) is 0.841. The third kappa shape index (κ3) is 5.69. The van der Waals surface area contributed by atoms with Crippen LogP contribution in [0, 0.1) is 5.92 Å². The Morgan fingerprint density at radius 1 is 1.36 bits per heavy atom. The number of aromatic nitrogens is 1. The number of anilines is 1. The summed E-state index contributed by atoms with van der Waals surface area (Å²) in [6.45, 7) is 0.290. The Morgan fingerprint density at radius 2 is 2.00 bits per heavy atom. The highest BCUT2D eigenvalue weighted by Gasteiger charge is 2.32. The van der Waals surface area contributed by atoms with Crippen molar-refractivity contribution in [2.45, 2.75) is 31.9 Å². The van der Waals surface area contributed by atoms with Gasteiger partial charge in [-0.25, -0.2) is 13.8 Å². The third-order valence-electron chi connectivity index (χ3n) is 3.99. The minimum atomic E-state index is -4.51.